The lowest BCUT2D eigenvalue weighted by molar-refractivity contribution is 0.0638. The Hall–Kier alpha value is -0.190. The topological polar surface area (TPSA) is 32.5 Å². The van der Waals surface area contributed by atoms with Crippen LogP contribution in [0.4, 0.5) is 0 Å². The molecule has 0 radical (unpaired) electrons. The van der Waals surface area contributed by atoms with Crippen molar-refractivity contribution in [3.8, 4) is 0 Å². The van der Waals surface area contributed by atoms with Crippen molar-refractivity contribution >= 4 is 17.2 Å². The third-order valence-electron chi connectivity index (χ3n) is 4.73. The van der Waals surface area contributed by atoms with Crippen molar-refractivity contribution in [2.45, 2.75) is 51.6 Å². The molecule has 4 heteroatoms. The molecule has 0 aromatic heterocycles. The molecule has 2 N–H and O–H groups in total. The normalized spacial score (nSPS) is 33.2. The van der Waals surface area contributed by atoms with Crippen LogP contribution in [0.3, 0.4) is 0 Å². The molecular weight excluding hydrogens is 242 g/mol. The van der Waals surface area contributed by atoms with Gasteiger partial charge in [-0.15, -0.1) is 0 Å². The van der Waals surface area contributed by atoms with Crippen molar-refractivity contribution in [2.75, 3.05) is 26.2 Å². The summed E-state index contributed by atoms with van der Waals surface area (Å²) in [4.78, 5) is 5.75. The molecule has 1 saturated heterocycles. The van der Waals surface area contributed by atoms with Crippen LogP contribution in [-0.2, 0) is 0 Å². The van der Waals surface area contributed by atoms with Gasteiger partial charge in [-0.05, 0) is 25.7 Å². The van der Waals surface area contributed by atoms with Crippen LogP contribution in [0.2, 0.25) is 0 Å². The number of piperazine rings is 1. The molecular formula is C14H27N3S. The lowest BCUT2D eigenvalue weighted by Crippen LogP contribution is -2.55. The highest BCUT2D eigenvalue weighted by Gasteiger charge is 2.29. The van der Waals surface area contributed by atoms with Gasteiger partial charge in [0.25, 0.3) is 0 Å². The van der Waals surface area contributed by atoms with Crippen LogP contribution in [0.5, 0.6) is 0 Å². The zero-order valence-electron chi connectivity index (χ0n) is 11.8. The maximum absolute atomic E-state index is 5.74. The number of thiocarbonyl (C=S) groups is 1. The Balaban J connectivity index is 1.81. The number of nitrogens with two attached hydrogens (primary N) is 1. The standard InChI is InChI=1S/C14H27N3S/c1-11-4-3-5-13(10-11)17-8-6-16(7-9-17)12(2)14(15)18/h11-13H,3-10H2,1-2H3,(H2,15,18). The molecule has 1 heterocycles. The number of hydrogen-bond acceptors (Lipinski definition) is 3. The minimum atomic E-state index is 0.257. The largest absolute Gasteiger partial charge is 0.392 e. The van der Waals surface area contributed by atoms with E-state index in [4.69, 9.17) is 18.0 Å². The predicted molar refractivity (Wildman–Crippen MR) is 80.8 cm³/mol. The van der Waals surface area contributed by atoms with E-state index in [9.17, 15) is 0 Å². The lowest BCUT2D eigenvalue weighted by atomic mass is 9.86. The number of hydrogen-bond donors (Lipinski definition) is 1. The van der Waals surface area contributed by atoms with E-state index in [1.165, 1.54) is 38.8 Å². The van der Waals surface area contributed by atoms with Crippen LogP contribution in [0.15, 0.2) is 0 Å². The molecule has 18 heavy (non-hydrogen) atoms. The molecule has 104 valence electrons. The summed E-state index contributed by atoms with van der Waals surface area (Å²) in [6, 6.07) is 1.09. The molecule has 1 aliphatic carbocycles. The van der Waals surface area contributed by atoms with Gasteiger partial charge >= 0.3 is 0 Å². The number of nitrogens with zero attached hydrogens (tertiary/aromatic N) is 2. The average Bonchev–Trinajstić information content (AvgIpc) is 2.38. The molecule has 2 rings (SSSR count). The van der Waals surface area contributed by atoms with Crippen molar-refractivity contribution in [1.82, 2.24) is 9.80 Å². The summed E-state index contributed by atoms with van der Waals surface area (Å²) in [5, 5.41) is 0. The first-order chi connectivity index (χ1) is 8.58. The minimum absolute atomic E-state index is 0.257. The zero-order chi connectivity index (χ0) is 13.1. The molecule has 0 bridgehead atoms. The van der Waals surface area contributed by atoms with Gasteiger partial charge in [0, 0.05) is 32.2 Å². The molecule has 3 unspecified atom stereocenters. The molecule has 1 saturated carbocycles. The Morgan fingerprint density at radius 2 is 1.89 bits per heavy atom. The van der Waals surface area contributed by atoms with Gasteiger partial charge in [0.1, 0.15) is 0 Å². The molecule has 2 aliphatic rings. The number of rotatable bonds is 3. The van der Waals surface area contributed by atoms with Gasteiger partial charge in [-0.25, -0.2) is 0 Å². The fourth-order valence-corrected chi connectivity index (χ4v) is 3.55. The van der Waals surface area contributed by atoms with E-state index in [2.05, 4.69) is 23.6 Å². The van der Waals surface area contributed by atoms with Gasteiger partial charge in [0.05, 0.1) is 11.0 Å². The van der Waals surface area contributed by atoms with Gasteiger partial charge in [0.2, 0.25) is 0 Å². The van der Waals surface area contributed by atoms with Crippen LogP contribution in [0.25, 0.3) is 0 Å². The highest BCUT2D eigenvalue weighted by molar-refractivity contribution is 7.80. The second-order valence-corrected chi connectivity index (χ2v) is 6.55. The highest BCUT2D eigenvalue weighted by atomic mass is 32.1. The van der Waals surface area contributed by atoms with Gasteiger partial charge in [-0.1, -0.05) is 32.0 Å². The van der Waals surface area contributed by atoms with E-state index < -0.39 is 0 Å². The van der Waals surface area contributed by atoms with E-state index in [0.29, 0.717) is 4.99 Å². The molecule has 0 spiro atoms. The molecule has 3 atom stereocenters. The van der Waals surface area contributed by atoms with E-state index in [1.54, 1.807) is 0 Å². The molecule has 0 aromatic carbocycles. The fraction of sp³-hybridized carbons (Fsp3) is 0.929. The summed E-state index contributed by atoms with van der Waals surface area (Å²) in [5.41, 5.74) is 5.74. The maximum Gasteiger partial charge on any atom is 0.0899 e. The second kappa shape index (κ2) is 6.31. The maximum atomic E-state index is 5.74. The predicted octanol–water partition coefficient (Wildman–Crippen LogP) is 1.86. The van der Waals surface area contributed by atoms with E-state index in [1.807, 2.05) is 0 Å². The van der Waals surface area contributed by atoms with Crippen LogP contribution < -0.4 is 5.73 Å². The fourth-order valence-electron chi connectivity index (χ4n) is 3.40. The summed E-state index contributed by atoms with van der Waals surface area (Å²) in [6.45, 7) is 9.12. The second-order valence-electron chi connectivity index (χ2n) is 6.08. The first kappa shape index (κ1) is 14.2. The first-order valence-electron chi connectivity index (χ1n) is 7.35. The highest BCUT2D eigenvalue weighted by Crippen LogP contribution is 2.28. The van der Waals surface area contributed by atoms with E-state index in [0.717, 1.165) is 25.0 Å². The van der Waals surface area contributed by atoms with Crippen LogP contribution in [0.1, 0.15) is 39.5 Å². The first-order valence-corrected chi connectivity index (χ1v) is 7.76. The Bertz CT molecular complexity index is 287. The molecule has 3 nitrogen and oxygen atoms in total. The van der Waals surface area contributed by atoms with E-state index >= 15 is 0 Å². The lowest BCUT2D eigenvalue weighted by Gasteiger charge is -2.43. The minimum Gasteiger partial charge on any atom is -0.392 e. The molecule has 2 fully saturated rings. The summed E-state index contributed by atoms with van der Waals surface area (Å²) in [5.74, 6) is 0.914. The van der Waals surface area contributed by atoms with Crippen molar-refractivity contribution in [1.29, 1.82) is 0 Å². The third-order valence-corrected chi connectivity index (χ3v) is 5.07. The average molecular weight is 269 g/mol. The van der Waals surface area contributed by atoms with Gasteiger partial charge < -0.3 is 5.73 Å². The van der Waals surface area contributed by atoms with Crippen molar-refractivity contribution < 1.29 is 0 Å². The Morgan fingerprint density at radius 3 is 2.44 bits per heavy atom. The quantitative estimate of drug-likeness (QED) is 0.793. The van der Waals surface area contributed by atoms with Gasteiger partial charge in [0.15, 0.2) is 0 Å². The Kier molecular flexibility index (Phi) is 4.98. The summed E-state index contributed by atoms with van der Waals surface area (Å²) < 4.78 is 0. The smallest absolute Gasteiger partial charge is 0.0899 e. The van der Waals surface area contributed by atoms with Crippen LogP contribution in [0, 0.1) is 5.92 Å². The van der Waals surface area contributed by atoms with Gasteiger partial charge in [-0.3, -0.25) is 9.80 Å². The molecule has 0 aromatic rings. The monoisotopic (exact) mass is 269 g/mol. The summed E-state index contributed by atoms with van der Waals surface area (Å²) in [6.07, 6.45) is 5.63. The molecule has 1 aliphatic heterocycles. The van der Waals surface area contributed by atoms with E-state index in [-0.39, 0.29) is 6.04 Å². The zero-order valence-corrected chi connectivity index (χ0v) is 12.6. The molecule has 0 amide bonds. The van der Waals surface area contributed by atoms with Gasteiger partial charge in [-0.2, -0.15) is 0 Å². The third kappa shape index (κ3) is 3.43. The van der Waals surface area contributed by atoms with Crippen molar-refractivity contribution in [2.24, 2.45) is 11.7 Å². The Labute approximate surface area is 117 Å². The summed E-state index contributed by atoms with van der Waals surface area (Å²) in [7, 11) is 0. The van der Waals surface area contributed by atoms with Crippen LogP contribution in [-0.4, -0.2) is 53.1 Å². The van der Waals surface area contributed by atoms with Crippen molar-refractivity contribution in [3.05, 3.63) is 0 Å². The van der Waals surface area contributed by atoms with Crippen LogP contribution >= 0.6 is 12.2 Å². The SMILES string of the molecule is CC1CCCC(N2CCN(C(C)C(N)=S)CC2)C1. The van der Waals surface area contributed by atoms with Crippen molar-refractivity contribution in [3.63, 3.8) is 0 Å². The Morgan fingerprint density at radius 1 is 1.22 bits per heavy atom. The summed E-state index contributed by atoms with van der Waals surface area (Å²) >= 11 is 5.09.